The zero-order chi connectivity index (χ0) is 17.7. The topological polar surface area (TPSA) is 58.6 Å². The molecule has 2 amide bonds. The Morgan fingerprint density at radius 3 is 2.71 bits per heavy atom. The molecule has 0 radical (unpaired) electrons. The zero-order valence-corrected chi connectivity index (χ0v) is 13.2. The van der Waals surface area contributed by atoms with Crippen LogP contribution in [-0.4, -0.2) is 42.6 Å². The Morgan fingerprint density at radius 1 is 1.33 bits per heavy atom. The number of amides is 2. The van der Waals surface area contributed by atoms with Gasteiger partial charge in [-0.15, -0.1) is 0 Å². The van der Waals surface area contributed by atoms with Crippen molar-refractivity contribution in [3.63, 3.8) is 0 Å². The maximum Gasteiger partial charge on any atom is 0.417 e. The Morgan fingerprint density at radius 2 is 2.04 bits per heavy atom. The van der Waals surface area contributed by atoms with Gasteiger partial charge in [0.15, 0.2) is 0 Å². The summed E-state index contributed by atoms with van der Waals surface area (Å²) >= 11 is 0. The van der Waals surface area contributed by atoms with Crippen LogP contribution in [0.5, 0.6) is 0 Å². The lowest BCUT2D eigenvalue weighted by atomic mass is 10.0. The molecule has 1 aliphatic rings. The summed E-state index contributed by atoms with van der Waals surface area (Å²) in [7, 11) is 0. The molecule has 0 aliphatic carbocycles. The minimum atomic E-state index is -4.59. The highest BCUT2D eigenvalue weighted by molar-refractivity contribution is 5.96. The lowest BCUT2D eigenvalue weighted by molar-refractivity contribution is -0.138. The number of nitrogens with zero attached hydrogens (tertiary/aromatic N) is 1. The van der Waals surface area contributed by atoms with Gasteiger partial charge in [-0.05, 0) is 31.9 Å². The molecule has 132 valence electrons. The molecule has 1 atom stereocenters. The maximum absolute atomic E-state index is 13.1. The number of rotatable bonds is 3. The first kappa shape index (κ1) is 18.1. The smallest absolute Gasteiger partial charge is 0.417 e. The number of alkyl carbamates (subject to hydrolysis) is 1. The molecule has 24 heavy (non-hydrogen) atoms. The summed E-state index contributed by atoms with van der Waals surface area (Å²) in [5.41, 5.74) is -1.32. The van der Waals surface area contributed by atoms with Gasteiger partial charge in [0, 0.05) is 19.1 Å². The van der Waals surface area contributed by atoms with Crippen molar-refractivity contribution in [2.75, 3.05) is 19.7 Å². The van der Waals surface area contributed by atoms with Crippen LogP contribution in [0.3, 0.4) is 0 Å². The van der Waals surface area contributed by atoms with E-state index in [-0.39, 0.29) is 24.8 Å². The molecule has 1 aromatic rings. The largest absolute Gasteiger partial charge is 0.450 e. The van der Waals surface area contributed by atoms with Gasteiger partial charge in [-0.25, -0.2) is 4.79 Å². The van der Waals surface area contributed by atoms with Crippen molar-refractivity contribution in [3.05, 3.63) is 35.4 Å². The molecule has 0 saturated carbocycles. The Bertz CT molecular complexity index is 604. The summed E-state index contributed by atoms with van der Waals surface area (Å²) in [4.78, 5) is 25.3. The van der Waals surface area contributed by atoms with Gasteiger partial charge in [-0.1, -0.05) is 12.1 Å². The predicted molar refractivity (Wildman–Crippen MR) is 80.5 cm³/mol. The number of likely N-dealkylation sites (tertiary alicyclic amines) is 1. The number of nitrogens with one attached hydrogen (secondary N) is 1. The normalized spacial score (nSPS) is 18.2. The predicted octanol–water partition coefficient (Wildman–Crippen LogP) is 3.06. The van der Waals surface area contributed by atoms with E-state index in [2.05, 4.69) is 5.32 Å². The summed E-state index contributed by atoms with van der Waals surface area (Å²) in [5, 5.41) is 2.62. The number of carbonyl (C=O) groups excluding carboxylic acids is 2. The Kier molecular flexibility index (Phi) is 5.69. The molecular formula is C16H19F3N2O3. The molecule has 1 aromatic carbocycles. The number of piperidine rings is 1. The average Bonchev–Trinajstić information content (AvgIpc) is 2.54. The zero-order valence-electron chi connectivity index (χ0n) is 13.2. The highest BCUT2D eigenvalue weighted by atomic mass is 19.4. The van der Waals surface area contributed by atoms with E-state index >= 15 is 0 Å². The van der Waals surface area contributed by atoms with E-state index in [0.29, 0.717) is 19.4 Å². The van der Waals surface area contributed by atoms with Crippen LogP contribution in [0.25, 0.3) is 0 Å². The highest BCUT2D eigenvalue weighted by Crippen LogP contribution is 2.32. The molecular weight excluding hydrogens is 325 g/mol. The number of hydrogen-bond acceptors (Lipinski definition) is 3. The molecule has 0 aromatic heterocycles. The number of benzene rings is 1. The fourth-order valence-electron chi connectivity index (χ4n) is 2.71. The molecule has 0 bridgehead atoms. The van der Waals surface area contributed by atoms with E-state index in [0.717, 1.165) is 6.07 Å². The third kappa shape index (κ3) is 4.39. The standard InChI is InChI=1S/C16H19F3N2O3/c1-2-24-15(23)20-11-6-5-9-21(10-11)14(22)12-7-3-4-8-13(12)16(17,18)19/h3-4,7-8,11H,2,5-6,9-10H2,1H3,(H,20,23)/t11-/m0/s1. The van der Waals surface area contributed by atoms with E-state index in [1.165, 1.54) is 23.1 Å². The van der Waals surface area contributed by atoms with Crippen LogP contribution in [0.4, 0.5) is 18.0 Å². The summed E-state index contributed by atoms with van der Waals surface area (Å²) in [6, 6.07) is 4.39. The molecule has 1 aliphatic heterocycles. The lowest BCUT2D eigenvalue weighted by Gasteiger charge is -2.33. The molecule has 0 spiro atoms. The highest BCUT2D eigenvalue weighted by Gasteiger charge is 2.36. The molecule has 1 fully saturated rings. The minimum absolute atomic E-state index is 0.157. The number of carbonyl (C=O) groups is 2. The third-order valence-corrected chi connectivity index (χ3v) is 3.77. The first-order valence-corrected chi connectivity index (χ1v) is 7.71. The minimum Gasteiger partial charge on any atom is -0.450 e. The van der Waals surface area contributed by atoms with Crippen LogP contribution in [-0.2, 0) is 10.9 Å². The van der Waals surface area contributed by atoms with Crippen molar-refractivity contribution in [1.29, 1.82) is 0 Å². The van der Waals surface area contributed by atoms with Crippen LogP contribution in [0, 0.1) is 0 Å². The first-order chi connectivity index (χ1) is 11.3. The van der Waals surface area contributed by atoms with Gasteiger partial charge >= 0.3 is 12.3 Å². The number of ether oxygens (including phenoxy) is 1. The Hall–Kier alpha value is -2.25. The monoisotopic (exact) mass is 344 g/mol. The van der Waals surface area contributed by atoms with E-state index in [4.69, 9.17) is 4.74 Å². The van der Waals surface area contributed by atoms with E-state index in [1.807, 2.05) is 0 Å². The van der Waals surface area contributed by atoms with Crippen molar-refractivity contribution in [2.24, 2.45) is 0 Å². The second kappa shape index (κ2) is 7.55. The van der Waals surface area contributed by atoms with Gasteiger partial charge in [0.2, 0.25) is 0 Å². The van der Waals surface area contributed by atoms with Crippen LogP contribution in [0.2, 0.25) is 0 Å². The summed E-state index contributed by atoms with van der Waals surface area (Å²) < 4.78 is 44.0. The van der Waals surface area contributed by atoms with Crippen LogP contribution < -0.4 is 5.32 Å². The summed E-state index contributed by atoms with van der Waals surface area (Å²) in [5.74, 6) is -0.682. The fraction of sp³-hybridized carbons (Fsp3) is 0.500. The van der Waals surface area contributed by atoms with Gasteiger partial charge in [0.25, 0.3) is 5.91 Å². The molecule has 1 N–H and O–H groups in total. The number of hydrogen-bond donors (Lipinski definition) is 1. The molecule has 8 heteroatoms. The molecule has 1 heterocycles. The fourth-order valence-corrected chi connectivity index (χ4v) is 2.71. The Labute approximate surface area is 137 Å². The van der Waals surface area contributed by atoms with Gasteiger partial charge in [-0.2, -0.15) is 13.2 Å². The molecule has 2 rings (SSSR count). The van der Waals surface area contributed by atoms with Crippen LogP contribution in [0.1, 0.15) is 35.7 Å². The second-order valence-corrected chi connectivity index (χ2v) is 5.50. The third-order valence-electron chi connectivity index (χ3n) is 3.77. The van der Waals surface area contributed by atoms with Crippen molar-refractivity contribution < 1.29 is 27.5 Å². The molecule has 0 unspecified atom stereocenters. The number of halogens is 3. The van der Waals surface area contributed by atoms with Crippen molar-refractivity contribution in [3.8, 4) is 0 Å². The van der Waals surface area contributed by atoms with E-state index < -0.39 is 23.7 Å². The first-order valence-electron chi connectivity index (χ1n) is 7.71. The van der Waals surface area contributed by atoms with E-state index in [1.54, 1.807) is 6.92 Å². The lowest BCUT2D eigenvalue weighted by Crippen LogP contribution is -2.50. The number of alkyl halides is 3. The molecule has 5 nitrogen and oxygen atoms in total. The van der Waals surface area contributed by atoms with E-state index in [9.17, 15) is 22.8 Å². The van der Waals surface area contributed by atoms with Gasteiger partial charge in [0.05, 0.1) is 17.7 Å². The summed E-state index contributed by atoms with van der Waals surface area (Å²) in [6.07, 6.45) is -3.95. The van der Waals surface area contributed by atoms with Gasteiger partial charge in [-0.3, -0.25) is 4.79 Å². The van der Waals surface area contributed by atoms with Crippen molar-refractivity contribution in [1.82, 2.24) is 10.2 Å². The second-order valence-electron chi connectivity index (χ2n) is 5.50. The average molecular weight is 344 g/mol. The summed E-state index contributed by atoms with van der Waals surface area (Å²) in [6.45, 7) is 2.40. The van der Waals surface area contributed by atoms with Crippen LogP contribution >= 0.6 is 0 Å². The SMILES string of the molecule is CCOC(=O)N[C@H]1CCCN(C(=O)c2ccccc2C(F)(F)F)C1. The maximum atomic E-state index is 13.1. The molecule has 1 saturated heterocycles. The van der Waals surface area contributed by atoms with Crippen molar-refractivity contribution in [2.45, 2.75) is 32.0 Å². The quantitative estimate of drug-likeness (QED) is 0.917. The Balaban J connectivity index is 2.11. The van der Waals surface area contributed by atoms with Gasteiger partial charge in [0.1, 0.15) is 0 Å². The van der Waals surface area contributed by atoms with Gasteiger partial charge < -0.3 is 15.0 Å². The van der Waals surface area contributed by atoms with Crippen molar-refractivity contribution >= 4 is 12.0 Å². The van der Waals surface area contributed by atoms with Crippen LogP contribution in [0.15, 0.2) is 24.3 Å².